The Morgan fingerprint density at radius 1 is 1.11 bits per heavy atom. The number of ether oxygens (including phenoxy) is 1. The maximum Gasteiger partial charge on any atom is 0.269 e. The molecule has 10 heteroatoms. The number of rotatable bonds is 5. The molecule has 0 aliphatic carbocycles. The quantitative estimate of drug-likeness (QED) is 0.229. The first kappa shape index (κ1) is 23.2. The highest BCUT2D eigenvalue weighted by Gasteiger charge is 2.18. The van der Waals surface area contributed by atoms with E-state index >= 15 is 0 Å². The summed E-state index contributed by atoms with van der Waals surface area (Å²) in [5.41, 5.74) is 5.53. The van der Waals surface area contributed by atoms with Crippen LogP contribution in [-0.4, -0.2) is 27.8 Å². The van der Waals surface area contributed by atoms with Crippen LogP contribution in [0.5, 0.6) is 5.75 Å². The van der Waals surface area contributed by atoms with Gasteiger partial charge in [-0.2, -0.15) is 5.10 Å². The molecule has 2 heterocycles. The molecular weight excluding hydrogens is 478 g/mol. The number of aromatic nitrogens is 1. The van der Waals surface area contributed by atoms with E-state index < -0.39 is 4.92 Å². The minimum absolute atomic E-state index is 0.0108. The molecule has 5 rings (SSSR count). The van der Waals surface area contributed by atoms with Crippen LogP contribution in [0, 0.1) is 17.0 Å². The molecule has 0 saturated heterocycles. The number of thiazole rings is 1. The minimum Gasteiger partial charge on any atom is -0.482 e. The number of benzene rings is 3. The van der Waals surface area contributed by atoms with Crippen LogP contribution in [0.2, 0.25) is 0 Å². The zero-order chi connectivity index (χ0) is 25.2. The van der Waals surface area contributed by atoms with Gasteiger partial charge in [0.05, 0.1) is 27.7 Å². The number of nitro groups is 1. The third-order valence-electron chi connectivity index (χ3n) is 5.60. The molecule has 3 aromatic carbocycles. The number of anilines is 1. The molecule has 0 unspecified atom stereocenters. The molecule has 1 aromatic heterocycles. The Kier molecular flexibility index (Phi) is 6.17. The van der Waals surface area contributed by atoms with E-state index in [1.165, 1.54) is 23.5 Å². The Hall–Kier alpha value is -4.57. The molecule has 0 fully saturated rings. The average Bonchev–Trinajstić information content (AvgIpc) is 3.26. The number of aryl methyl sites for hydroxylation is 1. The maximum atomic E-state index is 11.8. The fourth-order valence-electron chi connectivity index (χ4n) is 3.68. The van der Waals surface area contributed by atoms with Gasteiger partial charge in [0.25, 0.3) is 11.6 Å². The molecule has 1 N–H and O–H groups in total. The van der Waals surface area contributed by atoms with E-state index in [9.17, 15) is 14.9 Å². The highest BCUT2D eigenvalue weighted by molar-refractivity contribution is 7.07. The lowest BCUT2D eigenvalue weighted by molar-refractivity contribution is -0.384. The van der Waals surface area contributed by atoms with Gasteiger partial charge in [-0.3, -0.25) is 14.9 Å². The van der Waals surface area contributed by atoms with Crippen molar-refractivity contribution in [3.8, 4) is 17.0 Å². The number of nitrogens with one attached hydrogen (secondary N) is 1. The lowest BCUT2D eigenvalue weighted by Gasteiger charge is -2.18. The van der Waals surface area contributed by atoms with E-state index in [1.54, 1.807) is 16.8 Å². The van der Waals surface area contributed by atoms with Gasteiger partial charge in [0.2, 0.25) is 4.80 Å². The summed E-state index contributed by atoms with van der Waals surface area (Å²) in [7, 11) is 0. The maximum absolute atomic E-state index is 11.8. The van der Waals surface area contributed by atoms with Crippen LogP contribution in [0.4, 0.5) is 17.1 Å². The van der Waals surface area contributed by atoms with Crippen LogP contribution in [0.3, 0.4) is 0 Å². The van der Waals surface area contributed by atoms with Gasteiger partial charge in [-0.25, -0.2) is 9.67 Å². The smallest absolute Gasteiger partial charge is 0.269 e. The molecule has 1 aliphatic rings. The molecule has 0 spiro atoms. The molecule has 0 saturated carbocycles. The average molecular weight is 500 g/mol. The molecule has 4 aromatic rings. The zero-order valence-electron chi connectivity index (χ0n) is 19.5. The Balaban J connectivity index is 1.63. The normalized spacial score (nSPS) is 13.7. The number of hydrogen-bond donors (Lipinski definition) is 1. The molecule has 0 atom stereocenters. The lowest BCUT2D eigenvalue weighted by atomic mass is 10.1. The number of hydrogen-bond acceptors (Lipinski definition) is 7. The lowest BCUT2D eigenvalue weighted by Crippen LogP contribution is -2.25. The summed E-state index contributed by atoms with van der Waals surface area (Å²) in [4.78, 5) is 27.9. The van der Waals surface area contributed by atoms with Crippen LogP contribution in [0.25, 0.3) is 11.3 Å². The van der Waals surface area contributed by atoms with E-state index in [0.717, 1.165) is 28.1 Å². The number of carbonyl (C=O) groups is 1. The Morgan fingerprint density at radius 2 is 1.86 bits per heavy atom. The number of nitro benzene ring substituents is 1. The summed E-state index contributed by atoms with van der Waals surface area (Å²) in [6.45, 7) is 3.85. The first-order valence-corrected chi connectivity index (χ1v) is 11.9. The molecular formula is C26H21N5O4S. The molecule has 1 amide bonds. The Labute approximate surface area is 210 Å². The first-order chi connectivity index (χ1) is 17.4. The van der Waals surface area contributed by atoms with Crippen molar-refractivity contribution in [3.05, 3.63) is 98.2 Å². The molecule has 180 valence electrons. The number of fused-ring (bicyclic) bond motifs is 1. The summed E-state index contributed by atoms with van der Waals surface area (Å²) >= 11 is 1.43. The van der Waals surface area contributed by atoms with E-state index in [-0.39, 0.29) is 18.2 Å². The van der Waals surface area contributed by atoms with Crippen LogP contribution in [0.15, 0.2) is 82.2 Å². The van der Waals surface area contributed by atoms with Crippen molar-refractivity contribution >= 4 is 40.0 Å². The van der Waals surface area contributed by atoms with Crippen molar-refractivity contribution in [1.29, 1.82) is 0 Å². The highest BCUT2D eigenvalue weighted by atomic mass is 32.1. The number of nitrogens with zero attached hydrogens (tertiary/aromatic N) is 4. The summed E-state index contributed by atoms with van der Waals surface area (Å²) < 4.78 is 7.23. The number of non-ortho nitro benzene ring substituents is 1. The fourth-order valence-corrected chi connectivity index (χ4v) is 4.53. The zero-order valence-corrected chi connectivity index (χ0v) is 20.3. The van der Waals surface area contributed by atoms with Gasteiger partial charge in [-0.05, 0) is 61.9 Å². The topological polar surface area (TPSA) is 111 Å². The Bertz CT molecular complexity index is 1570. The molecule has 0 bridgehead atoms. The third-order valence-corrected chi connectivity index (χ3v) is 6.41. The summed E-state index contributed by atoms with van der Waals surface area (Å²) in [6.07, 6.45) is 0. The standard InChI is InChI=1S/C26H21N5O4S/c1-16-3-8-20(9-4-16)27-26-30(29-17(2)18-5-10-21(11-6-18)31(33)34)23(15-36-26)19-7-12-24-22(13-19)28-25(32)14-35-24/h3-13,15H,14H2,1-2H3,(H,28,32). The van der Waals surface area contributed by atoms with Gasteiger partial charge in [-0.15, -0.1) is 11.3 Å². The SMILES string of the molecule is CC(=Nn1c(-c2ccc3c(c2)NC(=O)CO3)csc1=Nc1ccc(C)cc1)c1ccc([N+](=O)[O-])cc1. The number of carbonyl (C=O) groups excluding carboxylic acids is 1. The minimum atomic E-state index is -0.431. The van der Waals surface area contributed by atoms with Crippen molar-refractivity contribution in [3.63, 3.8) is 0 Å². The van der Waals surface area contributed by atoms with Gasteiger partial charge in [0.1, 0.15) is 5.75 Å². The van der Waals surface area contributed by atoms with Crippen molar-refractivity contribution < 1.29 is 14.5 Å². The van der Waals surface area contributed by atoms with Gasteiger partial charge in [-0.1, -0.05) is 17.7 Å². The first-order valence-electron chi connectivity index (χ1n) is 11.1. The van der Waals surface area contributed by atoms with Gasteiger partial charge in [0, 0.05) is 23.1 Å². The van der Waals surface area contributed by atoms with E-state index in [4.69, 9.17) is 14.8 Å². The van der Waals surface area contributed by atoms with Crippen molar-refractivity contribution in [2.24, 2.45) is 10.1 Å². The second kappa shape index (κ2) is 9.59. The van der Waals surface area contributed by atoms with Gasteiger partial charge >= 0.3 is 0 Å². The van der Waals surface area contributed by atoms with E-state index in [2.05, 4.69) is 5.32 Å². The summed E-state index contributed by atoms with van der Waals surface area (Å²) in [5.74, 6) is 0.398. The third kappa shape index (κ3) is 4.80. The van der Waals surface area contributed by atoms with Crippen molar-refractivity contribution in [1.82, 2.24) is 4.68 Å². The molecule has 1 aliphatic heterocycles. The molecule has 36 heavy (non-hydrogen) atoms. The Morgan fingerprint density at radius 3 is 2.58 bits per heavy atom. The second-order valence-corrected chi connectivity index (χ2v) is 9.04. The summed E-state index contributed by atoms with van der Waals surface area (Å²) in [6, 6.07) is 19.7. The van der Waals surface area contributed by atoms with E-state index in [0.29, 0.717) is 21.9 Å². The van der Waals surface area contributed by atoms with Crippen LogP contribution >= 0.6 is 11.3 Å². The number of amides is 1. The predicted molar refractivity (Wildman–Crippen MR) is 139 cm³/mol. The second-order valence-electron chi connectivity index (χ2n) is 8.20. The molecule has 0 radical (unpaired) electrons. The fraction of sp³-hybridized carbons (Fsp3) is 0.115. The highest BCUT2D eigenvalue weighted by Crippen LogP contribution is 2.33. The summed E-state index contributed by atoms with van der Waals surface area (Å²) in [5, 5.41) is 20.7. The largest absolute Gasteiger partial charge is 0.482 e. The van der Waals surface area contributed by atoms with Crippen LogP contribution in [-0.2, 0) is 4.79 Å². The van der Waals surface area contributed by atoms with Gasteiger partial charge in [0.15, 0.2) is 6.61 Å². The van der Waals surface area contributed by atoms with Gasteiger partial charge < -0.3 is 10.1 Å². The predicted octanol–water partition coefficient (Wildman–Crippen LogP) is 5.27. The monoisotopic (exact) mass is 499 g/mol. The van der Waals surface area contributed by atoms with Crippen molar-refractivity contribution in [2.45, 2.75) is 13.8 Å². The van der Waals surface area contributed by atoms with Crippen LogP contribution in [0.1, 0.15) is 18.1 Å². The van der Waals surface area contributed by atoms with Crippen LogP contribution < -0.4 is 14.9 Å². The molecule has 9 nitrogen and oxygen atoms in total. The van der Waals surface area contributed by atoms with Crippen molar-refractivity contribution in [2.75, 3.05) is 11.9 Å². The van der Waals surface area contributed by atoms with E-state index in [1.807, 2.05) is 61.7 Å².